The van der Waals surface area contributed by atoms with Crippen molar-refractivity contribution in [2.24, 2.45) is 0 Å². The molecule has 0 aliphatic carbocycles. The van der Waals surface area contributed by atoms with Crippen LogP contribution >= 0.6 is 0 Å². The molecule has 0 aromatic heterocycles. The molecule has 108 valence electrons. The van der Waals surface area contributed by atoms with Gasteiger partial charge >= 0.3 is 0 Å². The molecule has 0 aliphatic heterocycles. The van der Waals surface area contributed by atoms with Crippen LogP contribution in [0.15, 0.2) is 12.1 Å². The Bertz CT molecular complexity index is 372. The summed E-state index contributed by atoms with van der Waals surface area (Å²) < 4.78 is 11.0. The molecule has 0 atom stereocenters. The van der Waals surface area contributed by atoms with Crippen molar-refractivity contribution < 1.29 is 9.47 Å². The molecule has 1 rings (SSSR count). The van der Waals surface area contributed by atoms with E-state index >= 15 is 0 Å². The fraction of sp³-hybridized carbons (Fsp3) is 0.647. The Labute approximate surface area is 118 Å². The molecule has 0 bridgehead atoms. The predicted octanol–water partition coefficient (Wildman–Crippen LogP) is 4.78. The summed E-state index contributed by atoms with van der Waals surface area (Å²) in [6.45, 7) is 4.42. The average molecular weight is 264 g/mol. The van der Waals surface area contributed by atoms with Gasteiger partial charge < -0.3 is 9.47 Å². The van der Waals surface area contributed by atoms with E-state index in [0.717, 1.165) is 30.8 Å². The zero-order valence-electron chi connectivity index (χ0n) is 12.9. The van der Waals surface area contributed by atoms with Gasteiger partial charge in [-0.15, -0.1) is 0 Å². The maximum absolute atomic E-state index is 5.53. The second kappa shape index (κ2) is 8.84. The van der Waals surface area contributed by atoms with E-state index in [2.05, 4.69) is 26.0 Å². The number of hydrogen-bond donors (Lipinski definition) is 0. The lowest BCUT2D eigenvalue weighted by molar-refractivity contribution is 0.394. The van der Waals surface area contributed by atoms with Crippen LogP contribution in [-0.2, 0) is 12.8 Å². The highest BCUT2D eigenvalue weighted by molar-refractivity contribution is 5.46. The summed E-state index contributed by atoms with van der Waals surface area (Å²) in [5.41, 5.74) is 2.52. The van der Waals surface area contributed by atoms with E-state index in [1.54, 1.807) is 14.2 Å². The molecule has 0 N–H and O–H groups in total. The molecular weight excluding hydrogens is 236 g/mol. The Morgan fingerprint density at radius 1 is 0.737 bits per heavy atom. The molecular formula is C17H28O2. The minimum atomic E-state index is 1.01. The lowest BCUT2D eigenvalue weighted by Crippen LogP contribution is -1.99. The summed E-state index contributed by atoms with van der Waals surface area (Å²) in [7, 11) is 3.51. The summed E-state index contributed by atoms with van der Waals surface area (Å²) >= 11 is 0. The Kier molecular flexibility index (Phi) is 7.39. The van der Waals surface area contributed by atoms with Gasteiger partial charge in [0, 0.05) is 0 Å². The first-order chi connectivity index (χ1) is 9.26. The van der Waals surface area contributed by atoms with Gasteiger partial charge in [-0.1, -0.05) is 39.5 Å². The van der Waals surface area contributed by atoms with E-state index in [1.165, 1.54) is 36.8 Å². The highest BCUT2D eigenvalue weighted by atomic mass is 16.5. The molecule has 0 unspecified atom stereocenters. The van der Waals surface area contributed by atoms with Crippen molar-refractivity contribution >= 4 is 0 Å². The fourth-order valence-electron chi connectivity index (χ4n) is 2.43. The lowest BCUT2D eigenvalue weighted by Gasteiger charge is -2.14. The van der Waals surface area contributed by atoms with Crippen molar-refractivity contribution in [3.05, 3.63) is 23.3 Å². The Hall–Kier alpha value is -1.18. The quantitative estimate of drug-likeness (QED) is 0.598. The summed E-state index contributed by atoms with van der Waals surface area (Å²) in [5.74, 6) is 2.02. The zero-order chi connectivity index (χ0) is 14.1. The lowest BCUT2D eigenvalue weighted by atomic mass is 10.0. The molecule has 0 aliphatic rings. The fourth-order valence-corrected chi connectivity index (χ4v) is 2.43. The van der Waals surface area contributed by atoms with Gasteiger partial charge in [-0.3, -0.25) is 0 Å². The molecule has 2 heteroatoms. The van der Waals surface area contributed by atoms with Crippen molar-refractivity contribution in [3.8, 4) is 11.5 Å². The third kappa shape index (κ3) is 4.77. The van der Waals surface area contributed by atoms with Gasteiger partial charge in [-0.25, -0.2) is 0 Å². The van der Waals surface area contributed by atoms with Crippen LogP contribution in [-0.4, -0.2) is 14.2 Å². The topological polar surface area (TPSA) is 18.5 Å². The van der Waals surface area contributed by atoms with Crippen LogP contribution in [0.25, 0.3) is 0 Å². The van der Waals surface area contributed by atoms with E-state index in [1.807, 2.05) is 0 Å². The predicted molar refractivity (Wildman–Crippen MR) is 81.4 cm³/mol. The Balaban J connectivity index is 2.83. The van der Waals surface area contributed by atoms with Crippen LogP contribution in [0.2, 0.25) is 0 Å². The van der Waals surface area contributed by atoms with E-state index < -0.39 is 0 Å². The molecule has 0 spiro atoms. The summed E-state index contributed by atoms with van der Waals surface area (Å²) in [4.78, 5) is 0. The van der Waals surface area contributed by atoms with Crippen LogP contribution in [0.3, 0.4) is 0 Å². The van der Waals surface area contributed by atoms with Gasteiger partial charge in [0.05, 0.1) is 14.2 Å². The second-order valence-electron chi connectivity index (χ2n) is 5.04. The zero-order valence-corrected chi connectivity index (χ0v) is 12.9. The number of unbranched alkanes of at least 4 members (excludes halogenated alkanes) is 3. The van der Waals surface area contributed by atoms with Crippen LogP contribution in [0.4, 0.5) is 0 Å². The maximum Gasteiger partial charge on any atom is 0.122 e. The molecule has 0 heterocycles. The highest BCUT2D eigenvalue weighted by Crippen LogP contribution is 2.31. The molecule has 2 nitrogen and oxygen atoms in total. The summed E-state index contributed by atoms with van der Waals surface area (Å²) in [6, 6.07) is 4.31. The molecule has 0 radical (unpaired) electrons. The van der Waals surface area contributed by atoms with E-state index in [9.17, 15) is 0 Å². The number of aryl methyl sites for hydroxylation is 2. The first-order valence-electron chi connectivity index (χ1n) is 7.50. The minimum absolute atomic E-state index is 1.01. The second-order valence-corrected chi connectivity index (χ2v) is 5.04. The molecule has 1 aromatic rings. The molecule has 19 heavy (non-hydrogen) atoms. The molecule has 0 amide bonds. The summed E-state index contributed by atoms with van der Waals surface area (Å²) in [5, 5.41) is 0. The van der Waals surface area contributed by atoms with Gasteiger partial charge in [0.15, 0.2) is 0 Å². The van der Waals surface area contributed by atoms with Crippen LogP contribution in [0.5, 0.6) is 11.5 Å². The first-order valence-corrected chi connectivity index (χ1v) is 7.50. The molecule has 0 saturated carbocycles. The van der Waals surface area contributed by atoms with Gasteiger partial charge in [0.1, 0.15) is 11.5 Å². The SMILES string of the molecule is CCCCCCc1cc(OC)c(CCC)cc1OC. The summed E-state index contributed by atoms with van der Waals surface area (Å²) in [6.07, 6.45) is 8.33. The number of benzene rings is 1. The maximum atomic E-state index is 5.53. The van der Waals surface area contributed by atoms with Gasteiger partial charge in [0.2, 0.25) is 0 Å². The smallest absolute Gasteiger partial charge is 0.122 e. The average Bonchev–Trinajstić information content (AvgIpc) is 2.44. The first kappa shape index (κ1) is 15.9. The standard InChI is InChI=1S/C17H28O2/c1-5-7-8-9-11-15-13-16(18-3)14(10-6-2)12-17(15)19-4/h12-13H,5-11H2,1-4H3. The van der Waals surface area contributed by atoms with Crippen molar-refractivity contribution in [2.45, 2.75) is 58.8 Å². The van der Waals surface area contributed by atoms with Gasteiger partial charge in [-0.05, 0) is 42.5 Å². The van der Waals surface area contributed by atoms with Crippen molar-refractivity contribution in [3.63, 3.8) is 0 Å². The van der Waals surface area contributed by atoms with E-state index in [0.29, 0.717) is 0 Å². The van der Waals surface area contributed by atoms with Crippen molar-refractivity contribution in [1.29, 1.82) is 0 Å². The van der Waals surface area contributed by atoms with Gasteiger partial charge in [0.25, 0.3) is 0 Å². The highest BCUT2D eigenvalue weighted by Gasteiger charge is 2.10. The molecule has 0 saturated heterocycles. The number of rotatable bonds is 9. The van der Waals surface area contributed by atoms with Crippen molar-refractivity contribution in [2.75, 3.05) is 14.2 Å². The normalized spacial score (nSPS) is 10.5. The van der Waals surface area contributed by atoms with Gasteiger partial charge in [-0.2, -0.15) is 0 Å². The molecule has 0 fully saturated rings. The molecule has 1 aromatic carbocycles. The van der Waals surface area contributed by atoms with E-state index in [4.69, 9.17) is 9.47 Å². The third-order valence-electron chi connectivity index (χ3n) is 3.50. The Morgan fingerprint density at radius 3 is 1.79 bits per heavy atom. The number of ether oxygens (including phenoxy) is 2. The van der Waals surface area contributed by atoms with Crippen LogP contribution in [0.1, 0.15) is 57.1 Å². The largest absolute Gasteiger partial charge is 0.496 e. The number of hydrogen-bond acceptors (Lipinski definition) is 2. The van der Waals surface area contributed by atoms with Crippen LogP contribution < -0.4 is 9.47 Å². The number of methoxy groups -OCH3 is 2. The van der Waals surface area contributed by atoms with Crippen molar-refractivity contribution in [1.82, 2.24) is 0 Å². The Morgan fingerprint density at radius 2 is 1.32 bits per heavy atom. The monoisotopic (exact) mass is 264 g/mol. The minimum Gasteiger partial charge on any atom is -0.496 e. The third-order valence-corrected chi connectivity index (χ3v) is 3.50. The van der Waals surface area contributed by atoms with E-state index in [-0.39, 0.29) is 0 Å². The van der Waals surface area contributed by atoms with Crippen LogP contribution in [0, 0.1) is 0 Å².